The lowest BCUT2D eigenvalue weighted by molar-refractivity contribution is -0.120. The fraction of sp³-hybridized carbons (Fsp3) is 0.200. The highest BCUT2D eigenvalue weighted by Gasteiger charge is 2.14. The number of hydrogen-bond donors (Lipinski definition) is 1. The van der Waals surface area contributed by atoms with Gasteiger partial charge in [0, 0.05) is 4.88 Å². The summed E-state index contributed by atoms with van der Waals surface area (Å²) >= 11 is 1.54. The molecule has 1 N–H and O–H groups in total. The van der Waals surface area contributed by atoms with Crippen LogP contribution in [0, 0.1) is 18.3 Å². The van der Waals surface area contributed by atoms with Crippen molar-refractivity contribution in [3.05, 3.63) is 57.8 Å². The van der Waals surface area contributed by atoms with Gasteiger partial charge in [-0.25, -0.2) is 0 Å². The number of aryl methyl sites for hydroxylation is 1. The molecule has 0 aliphatic rings. The number of rotatable bonds is 4. The molecule has 0 saturated heterocycles. The van der Waals surface area contributed by atoms with E-state index in [0.717, 1.165) is 16.0 Å². The molecule has 19 heavy (non-hydrogen) atoms. The van der Waals surface area contributed by atoms with Gasteiger partial charge in [-0.1, -0.05) is 35.9 Å². The second-order valence-electron chi connectivity index (χ2n) is 4.30. The van der Waals surface area contributed by atoms with Crippen molar-refractivity contribution in [3.8, 4) is 6.07 Å². The maximum absolute atomic E-state index is 11.9. The molecule has 2 rings (SSSR count). The maximum atomic E-state index is 11.9. The molecule has 96 valence electrons. The van der Waals surface area contributed by atoms with Gasteiger partial charge >= 0.3 is 0 Å². The molecule has 0 saturated carbocycles. The Morgan fingerprint density at radius 1 is 1.42 bits per heavy atom. The van der Waals surface area contributed by atoms with Crippen molar-refractivity contribution >= 4 is 17.2 Å². The van der Waals surface area contributed by atoms with Crippen LogP contribution in [0.4, 0.5) is 0 Å². The summed E-state index contributed by atoms with van der Waals surface area (Å²) in [5, 5.41) is 13.9. The molecular weight excluding hydrogens is 256 g/mol. The van der Waals surface area contributed by atoms with Gasteiger partial charge < -0.3 is 5.32 Å². The van der Waals surface area contributed by atoms with Crippen LogP contribution in [0.15, 0.2) is 41.8 Å². The fourth-order valence-corrected chi connectivity index (χ4v) is 2.53. The van der Waals surface area contributed by atoms with Crippen LogP contribution in [0.3, 0.4) is 0 Å². The molecule has 1 unspecified atom stereocenters. The topological polar surface area (TPSA) is 52.9 Å². The molecule has 0 spiro atoms. The summed E-state index contributed by atoms with van der Waals surface area (Å²) in [6, 6.07) is 13.0. The Kier molecular flexibility index (Phi) is 4.32. The van der Waals surface area contributed by atoms with E-state index in [0.29, 0.717) is 6.42 Å². The smallest absolute Gasteiger partial charge is 0.226 e. The van der Waals surface area contributed by atoms with Crippen molar-refractivity contribution in [1.82, 2.24) is 5.32 Å². The minimum atomic E-state index is -0.590. The summed E-state index contributed by atoms with van der Waals surface area (Å²) in [4.78, 5) is 12.9. The minimum Gasteiger partial charge on any atom is -0.336 e. The molecule has 2 aromatic rings. The summed E-state index contributed by atoms with van der Waals surface area (Å²) in [5.74, 6) is -0.129. The molecule has 4 heteroatoms. The van der Waals surface area contributed by atoms with Crippen LogP contribution in [0.1, 0.15) is 22.0 Å². The lowest BCUT2D eigenvalue weighted by Gasteiger charge is -2.12. The molecule has 3 nitrogen and oxygen atoms in total. The quantitative estimate of drug-likeness (QED) is 0.928. The van der Waals surface area contributed by atoms with E-state index in [1.54, 1.807) is 11.3 Å². The van der Waals surface area contributed by atoms with Crippen molar-refractivity contribution in [1.29, 1.82) is 5.26 Å². The fourth-order valence-electron chi connectivity index (χ4n) is 1.82. The highest BCUT2D eigenvalue weighted by atomic mass is 32.1. The van der Waals surface area contributed by atoms with E-state index < -0.39 is 6.04 Å². The van der Waals surface area contributed by atoms with Crippen LogP contribution < -0.4 is 5.32 Å². The third-order valence-electron chi connectivity index (χ3n) is 2.72. The van der Waals surface area contributed by atoms with Crippen LogP contribution in [-0.4, -0.2) is 5.91 Å². The van der Waals surface area contributed by atoms with E-state index in [1.165, 1.54) is 0 Å². The number of thiophene rings is 1. The number of benzene rings is 1. The van der Waals surface area contributed by atoms with Gasteiger partial charge in [-0.05, 0) is 23.9 Å². The van der Waals surface area contributed by atoms with E-state index in [1.807, 2.05) is 48.7 Å². The number of carbonyl (C=O) groups excluding carboxylic acids is 1. The van der Waals surface area contributed by atoms with Gasteiger partial charge in [0.15, 0.2) is 0 Å². The van der Waals surface area contributed by atoms with E-state index >= 15 is 0 Å². The molecule has 1 heterocycles. The van der Waals surface area contributed by atoms with Crippen molar-refractivity contribution in [2.75, 3.05) is 0 Å². The van der Waals surface area contributed by atoms with Crippen molar-refractivity contribution in [3.63, 3.8) is 0 Å². The number of carbonyl (C=O) groups is 1. The summed E-state index contributed by atoms with van der Waals surface area (Å²) in [6.45, 7) is 1.96. The summed E-state index contributed by atoms with van der Waals surface area (Å²) in [5.41, 5.74) is 1.90. The lowest BCUT2D eigenvalue weighted by atomic mass is 10.1. The highest BCUT2D eigenvalue weighted by Crippen LogP contribution is 2.15. The molecular formula is C15H14N2OS. The zero-order chi connectivity index (χ0) is 13.7. The summed E-state index contributed by atoms with van der Waals surface area (Å²) in [6.07, 6.45) is 0.321. The molecule has 0 bridgehead atoms. The number of amides is 1. The van der Waals surface area contributed by atoms with E-state index in [9.17, 15) is 10.1 Å². The SMILES string of the molecule is Cc1cccc(C(C#N)NC(=O)Cc2cccs2)c1. The Labute approximate surface area is 116 Å². The van der Waals surface area contributed by atoms with E-state index in [4.69, 9.17) is 0 Å². The predicted molar refractivity (Wildman–Crippen MR) is 75.7 cm³/mol. The average Bonchev–Trinajstić information content (AvgIpc) is 2.88. The lowest BCUT2D eigenvalue weighted by Crippen LogP contribution is -2.28. The third-order valence-corrected chi connectivity index (χ3v) is 3.60. The van der Waals surface area contributed by atoms with Crippen LogP contribution in [-0.2, 0) is 11.2 Å². The second kappa shape index (κ2) is 6.17. The molecule has 1 amide bonds. The Balaban J connectivity index is 2.03. The summed E-state index contributed by atoms with van der Waals surface area (Å²) in [7, 11) is 0. The molecule has 1 aromatic carbocycles. The Bertz CT molecular complexity index is 599. The highest BCUT2D eigenvalue weighted by molar-refractivity contribution is 7.10. The Morgan fingerprint density at radius 3 is 2.89 bits per heavy atom. The van der Waals surface area contributed by atoms with E-state index in [2.05, 4.69) is 11.4 Å². The zero-order valence-electron chi connectivity index (χ0n) is 10.6. The Hall–Kier alpha value is -2.12. The standard InChI is InChI=1S/C15H14N2OS/c1-11-4-2-5-12(8-11)14(10-16)17-15(18)9-13-6-3-7-19-13/h2-8,14H,9H2,1H3,(H,17,18). The zero-order valence-corrected chi connectivity index (χ0v) is 11.4. The maximum Gasteiger partial charge on any atom is 0.226 e. The first kappa shape index (κ1) is 13.3. The van der Waals surface area contributed by atoms with Crippen LogP contribution in [0.2, 0.25) is 0 Å². The van der Waals surface area contributed by atoms with Gasteiger partial charge in [0.05, 0.1) is 12.5 Å². The predicted octanol–water partition coefficient (Wildman–Crippen LogP) is 2.98. The number of nitrogens with zero attached hydrogens (tertiary/aromatic N) is 1. The third kappa shape index (κ3) is 3.67. The van der Waals surface area contributed by atoms with Gasteiger partial charge in [0.2, 0.25) is 5.91 Å². The monoisotopic (exact) mass is 270 g/mol. The molecule has 0 aliphatic heterocycles. The number of hydrogen-bond acceptors (Lipinski definition) is 3. The van der Waals surface area contributed by atoms with Crippen LogP contribution in [0.5, 0.6) is 0 Å². The van der Waals surface area contributed by atoms with Gasteiger partial charge in [0.25, 0.3) is 0 Å². The minimum absolute atomic E-state index is 0.129. The van der Waals surface area contributed by atoms with Crippen LogP contribution in [0.25, 0.3) is 0 Å². The van der Waals surface area contributed by atoms with Gasteiger partial charge in [-0.15, -0.1) is 11.3 Å². The van der Waals surface area contributed by atoms with Crippen molar-refractivity contribution in [2.24, 2.45) is 0 Å². The van der Waals surface area contributed by atoms with Gasteiger partial charge in [-0.2, -0.15) is 5.26 Å². The molecule has 1 aromatic heterocycles. The first-order valence-corrected chi connectivity index (χ1v) is 6.85. The summed E-state index contributed by atoms with van der Waals surface area (Å²) < 4.78 is 0. The first-order chi connectivity index (χ1) is 9.19. The Morgan fingerprint density at radius 2 is 2.26 bits per heavy atom. The largest absolute Gasteiger partial charge is 0.336 e. The molecule has 0 radical (unpaired) electrons. The second-order valence-corrected chi connectivity index (χ2v) is 5.33. The first-order valence-electron chi connectivity index (χ1n) is 5.97. The molecule has 1 atom stereocenters. The average molecular weight is 270 g/mol. The molecule has 0 aliphatic carbocycles. The van der Waals surface area contributed by atoms with Crippen LogP contribution >= 0.6 is 11.3 Å². The van der Waals surface area contributed by atoms with Gasteiger partial charge in [-0.3, -0.25) is 4.79 Å². The van der Waals surface area contributed by atoms with Crippen molar-refractivity contribution < 1.29 is 4.79 Å². The van der Waals surface area contributed by atoms with Gasteiger partial charge in [0.1, 0.15) is 6.04 Å². The molecule has 0 fully saturated rings. The number of nitriles is 1. The van der Waals surface area contributed by atoms with E-state index in [-0.39, 0.29) is 5.91 Å². The van der Waals surface area contributed by atoms with Crippen molar-refractivity contribution in [2.45, 2.75) is 19.4 Å². The number of nitrogens with one attached hydrogen (secondary N) is 1. The normalized spacial score (nSPS) is 11.6.